The highest BCUT2D eigenvalue weighted by molar-refractivity contribution is 6.33. The van der Waals surface area contributed by atoms with E-state index in [2.05, 4.69) is 5.10 Å². The molecule has 2 rings (SSSR count). The largest absolute Gasteiger partial charge is 0.377 e. The van der Waals surface area contributed by atoms with Crippen LogP contribution in [0.1, 0.15) is 12.5 Å². The van der Waals surface area contributed by atoms with Crippen LogP contribution < -0.4 is 9.91 Å². The fourth-order valence-electron chi connectivity index (χ4n) is 2.23. The van der Waals surface area contributed by atoms with E-state index in [9.17, 15) is 0 Å². The monoisotopic (exact) mass is 335 g/mol. The van der Waals surface area contributed by atoms with Gasteiger partial charge in [-0.15, -0.1) is 0 Å². The van der Waals surface area contributed by atoms with Crippen molar-refractivity contribution in [1.29, 1.82) is 0 Å². The van der Waals surface area contributed by atoms with Crippen LogP contribution >= 0.6 is 23.2 Å². The Morgan fingerprint density at radius 1 is 0.955 bits per heavy atom. The molecule has 0 amide bonds. The van der Waals surface area contributed by atoms with Crippen LogP contribution in [-0.2, 0) is 0 Å². The number of rotatable bonds is 4. The van der Waals surface area contributed by atoms with Gasteiger partial charge in [-0.1, -0.05) is 35.3 Å². The third-order valence-electron chi connectivity index (χ3n) is 3.33. The summed E-state index contributed by atoms with van der Waals surface area (Å²) in [5.74, 6) is 0. The van der Waals surface area contributed by atoms with Crippen LogP contribution in [0.5, 0.6) is 0 Å². The number of halogens is 2. The van der Waals surface area contributed by atoms with Gasteiger partial charge in [0.25, 0.3) is 0 Å². The summed E-state index contributed by atoms with van der Waals surface area (Å²) >= 11 is 12.4. The number of nitrogens with zero attached hydrogens (tertiary/aromatic N) is 3. The van der Waals surface area contributed by atoms with E-state index in [0.717, 1.165) is 22.6 Å². The third kappa shape index (κ3) is 3.73. The molecule has 2 aromatic carbocycles. The van der Waals surface area contributed by atoms with E-state index in [1.54, 1.807) is 5.01 Å². The minimum Gasteiger partial charge on any atom is -0.377 e. The van der Waals surface area contributed by atoms with E-state index in [4.69, 9.17) is 23.2 Å². The number of hydrazone groups is 1. The van der Waals surface area contributed by atoms with Crippen molar-refractivity contribution in [2.24, 2.45) is 5.10 Å². The zero-order chi connectivity index (χ0) is 16.3. The first-order chi connectivity index (χ1) is 10.4. The number of anilines is 2. The number of hydrogen-bond donors (Lipinski definition) is 0. The molecule has 0 N–H and O–H groups in total. The summed E-state index contributed by atoms with van der Waals surface area (Å²) in [5, 5.41) is 7.78. The van der Waals surface area contributed by atoms with Crippen molar-refractivity contribution in [2.45, 2.75) is 6.92 Å². The van der Waals surface area contributed by atoms with Crippen molar-refractivity contribution in [3.63, 3.8) is 0 Å². The van der Waals surface area contributed by atoms with Gasteiger partial charge in [-0.05, 0) is 37.3 Å². The SMILES string of the molecule is C/C(=N\N(C)c1ccccc1Cl)c1cc(Cl)ccc1N(C)C. The molecule has 0 unspecified atom stereocenters. The highest BCUT2D eigenvalue weighted by Crippen LogP contribution is 2.27. The standard InChI is InChI=1S/C17H19Cl2N3/c1-12(14-11-13(18)9-10-16(14)21(2)3)20-22(4)17-8-6-5-7-15(17)19/h5-11H,1-4H3/b20-12+. The normalized spacial score (nSPS) is 11.5. The molecular formula is C17H19Cl2N3. The Labute approximate surface area is 141 Å². The van der Waals surface area contributed by atoms with Crippen LogP contribution in [0.25, 0.3) is 0 Å². The van der Waals surface area contributed by atoms with Crippen molar-refractivity contribution >= 4 is 40.3 Å². The van der Waals surface area contributed by atoms with Gasteiger partial charge in [-0.25, -0.2) is 0 Å². The molecule has 0 aliphatic carbocycles. The first-order valence-corrected chi connectivity index (χ1v) is 7.66. The lowest BCUT2D eigenvalue weighted by Crippen LogP contribution is -2.16. The predicted octanol–water partition coefficient (Wildman–Crippen LogP) is 4.92. The second kappa shape index (κ2) is 7.03. The summed E-state index contributed by atoms with van der Waals surface area (Å²) in [7, 11) is 5.88. The Morgan fingerprint density at radius 3 is 2.27 bits per heavy atom. The first kappa shape index (κ1) is 16.7. The molecule has 0 atom stereocenters. The molecule has 0 saturated carbocycles. The minimum absolute atomic E-state index is 0.667. The Morgan fingerprint density at radius 2 is 1.64 bits per heavy atom. The van der Waals surface area contributed by atoms with Gasteiger partial charge in [0.1, 0.15) is 0 Å². The third-order valence-corrected chi connectivity index (χ3v) is 3.89. The fourth-order valence-corrected chi connectivity index (χ4v) is 2.67. The van der Waals surface area contributed by atoms with Crippen molar-refractivity contribution < 1.29 is 0 Å². The van der Waals surface area contributed by atoms with Crippen LogP contribution in [0, 0.1) is 0 Å². The van der Waals surface area contributed by atoms with E-state index in [-0.39, 0.29) is 0 Å². The van der Waals surface area contributed by atoms with E-state index < -0.39 is 0 Å². The average Bonchev–Trinajstić information content (AvgIpc) is 2.47. The van der Waals surface area contributed by atoms with Gasteiger partial charge in [0.15, 0.2) is 0 Å². The lowest BCUT2D eigenvalue weighted by Gasteiger charge is -2.20. The topological polar surface area (TPSA) is 18.8 Å². The van der Waals surface area contributed by atoms with Crippen LogP contribution in [0.4, 0.5) is 11.4 Å². The summed E-state index contributed by atoms with van der Waals surface area (Å²) in [6.45, 7) is 1.96. The van der Waals surface area contributed by atoms with Crippen LogP contribution in [-0.4, -0.2) is 26.9 Å². The molecule has 3 nitrogen and oxygen atoms in total. The molecule has 0 saturated heterocycles. The Kier molecular flexibility index (Phi) is 5.33. The molecule has 0 aliphatic rings. The second-order valence-corrected chi connectivity index (χ2v) is 6.06. The molecular weight excluding hydrogens is 317 g/mol. The first-order valence-electron chi connectivity index (χ1n) is 6.91. The molecule has 0 fully saturated rings. The van der Waals surface area contributed by atoms with E-state index in [0.29, 0.717) is 10.0 Å². The average molecular weight is 336 g/mol. The van der Waals surface area contributed by atoms with Crippen molar-refractivity contribution in [3.8, 4) is 0 Å². The Hall–Kier alpha value is -1.71. The van der Waals surface area contributed by atoms with Crippen molar-refractivity contribution in [3.05, 3.63) is 58.1 Å². The second-order valence-electron chi connectivity index (χ2n) is 5.22. The summed E-state index contributed by atoms with van der Waals surface area (Å²) in [4.78, 5) is 2.04. The van der Waals surface area contributed by atoms with Crippen LogP contribution in [0.15, 0.2) is 47.6 Å². The lowest BCUT2D eigenvalue weighted by atomic mass is 10.1. The summed E-state index contributed by atoms with van der Waals surface area (Å²) < 4.78 is 0. The Bertz CT molecular complexity index is 696. The minimum atomic E-state index is 0.667. The van der Waals surface area contributed by atoms with Crippen molar-refractivity contribution in [2.75, 3.05) is 31.1 Å². The number of hydrogen-bond acceptors (Lipinski definition) is 3. The maximum Gasteiger partial charge on any atom is 0.0776 e. The molecule has 5 heteroatoms. The van der Waals surface area contributed by atoms with E-state index >= 15 is 0 Å². The molecule has 2 aromatic rings. The van der Waals surface area contributed by atoms with Crippen molar-refractivity contribution in [1.82, 2.24) is 0 Å². The van der Waals surface area contributed by atoms with Gasteiger partial charge in [0, 0.05) is 37.4 Å². The molecule has 0 aliphatic heterocycles. The zero-order valence-electron chi connectivity index (χ0n) is 13.1. The quantitative estimate of drug-likeness (QED) is 0.583. The molecule has 0 bridgehead atoms. The van der Waals surface area contributed by atoms with Crippen LogP contribution in [0.2, 0.25) is 10.0 Å². The fraction of sp³-hybridized carbons (Fsp3) is 0.235. The number of para-hydroxylation sites is 1. The Balaban J connectivity index is 2.41. The van der Waals surface area contributed by atoms with Gasteiger partial charge < -0.3 is 4.90 Å². The number of benzene rings is 2. The summed E-state index contributed by atoms with van der Waals surface area (Å²) in [6.07, 6.45) is 0. The summed E-state index contributed by atoms with van der Waals surface area (Å²) in [5.41, 5.74) is 3.79. The van der Waals surface area contributed by atoms with Crippen LogP contribution in [0.3, 0.4) is 0 Å². The van der Waals surface area contributed by atoms with Gasteiger partial charge in [0.05, 0.1) is 16.4 Å². The van der Waals surface area contributed by atoms with E-state index in [1.165, 1.54) is 0 Å². The molecule has 0 radical (unpaired) electrons. The lowest BCUT2D eigenvalue weighted by molar-refractivity contribution is 1.01. The van der Waals surface area contributed by atoms with Gasteiger partial charge in [-0.3, -0.25) is 5.01 Å². The van der Waals surface area contributed by atoms with Gasteiger partial charge in [0.2, 0.25) is 0 Å². The molecule has 0 heterocycles. The van der Waals surface area contributed by atoms with Gasteiger partial charge >= 0.3 is 0 Å². The maximum absolute atomic E-state index is 6.22. The zero-order valence-corrected chi connectivity index (χ0v) is 14.7. The molecule has 116 valence electrons. The highest BCUT2D eigenvalue weighted by Gasteiger charge is 2.11. The maximum atomic E-state index is 6.22. The van der Waals surface area contributed by atoms with Gasteiger partial charge in [-0.2, -0.15) is 5.10 Å². The smallest absolute Gasteiger partial charge is 0.0776 e. The predicted molar refractivity (Wildman–Crippen MR) is 97.8 cm³/mol. The molecule has 0 aromatic heterocycles. The highest BCUT2D eigenvalue weighted by atomic mass is 35.5. The van der Waals surface area contributed by atoms with E-state index in [1.807, 2.05) is 75.4 Å². The summed E-state index contributed by atoms with van der Waals surface area (Å²) in [6, 6.07) is 13.4. The molecule has 22 heavy (non-hydrogen) atoms. The molecule has 0 spiro atoms.